The molecule has 1 heterocycles. The first-order valence-corrected chi connectivity index (χ1v) is 4.89. The van der Waals surface area contributed by atoms with Crippen LogP contribution in [0, 0.1) is 6.92 Å². The Morgan fingerprint density at radius 3 is 2.45 bits per heavy atom. The Morgan fingerprint density at radius 2 is 2.09 bits per heavy atom. The van der Waals surface area contributed by atoms with Crippen molar-refractivity contribution in [3.05, 3.63) is 16.1 Å². The van der Waals surface area contributed by atoms with E-state index in [4.69, 9.17) is 0 Å². The monoisotopic (exact) mass is 169 g/mol. The van der Waals surface area contributed by atoms with Gasteiger partial charge in [-0.05, 0) is 36.4 Å². The van der Waals surface area contributed by atoms with Crippen LogP contribution in [-0.2, 0) is 6.42 Å². The van der Waals surface area contributed by atoms with Crippen LogP contribution in [0.15, 0.2) is 0 Å². The third-order valence-electron chi connectivity index (χ3n) is 1.88. The number of aryl methyl sites for hydroxylation is 2. The Bertz CT molecular complexity index is 238. The highest BCUT2D eigenvalue weighted by Gasteiger charge is 2.11. The zero-order chi connectivity index (χ0) is 8.43. The lowest BCUT2D eigenvalue weighted by atomic mass is 10.0. The van der Waals surface area contributed by atoms with Crippen LogP contribution in [0.1, 0.15) is 42.8 Å². The predicted molar refractivity (Wildman–Crippen MR) is 50.3 cm³/mol. The summed E-state index contributed by atoms with van der Waals surface area (Å²) in [7, 11) is 0. The molecular weight excluding hydrogens is 154 g/mol. The van der Waals surface area contributed by atoms with Crippen LogP contribution in [0.4, 0.5) is 0 Å². The maximum Gasteiger partial charge on any atom is 0.0548 e. The summed E-state index contributed by atoms with van der Waals surface area (Å²) in [4.78, 5) is 1.46. The molecule has 0 aromatic carbocycles. The van der Waals surface area contributed by atoms with Gasteiger partial charge in [0, 0.05) is 4.88 Å². The minimum Gasteiger partial charge on any atom is -0.197 e. The zero-order valence-corrected chi connectivity index (χ0v) is 8.46. The summed E-state index contributed by atoms with van der Waals surface area (Å²) in [5.41, 5.74) is 2.69. The molecule has 0 atom stereocenters. The van der Waals surface area contributed by atoms with Crippen molar-refractivity contribution in [3.63, 3.8) is 0 Å². The summed E-state index contributed by atoms with van der Waals surface area (Å²) < 4.78 is 4.35. The fraction of sp³-hybridized carbons (Fsp3) is 0.667. The largest absolute Gasteiger partial charge is 0.197 e. The molecule has 11 heavy (non-hydrogen) atoms. The normalized spacial score (nSPS) is 11.0. The molecule has 0 aliphatic carbocycles. The van der Waals surface area contributed by atoms with E-state index in [0.29, 0.717) is 5.92 Å². The van der Waals surface area contributed by atoms with Crippen LogP contribution >= 0.6 is 11.5 Å². The molecular formula is C9H15NS. The number of hydrogen-bond acceptors (Lipinski definition) is 2. The molecule has 1 rings (SSSR count). The Hall–Kier alpha value is -0.370. The number of hydrogen-bond donors (Lipinski definition) is 0. The van der Waals surface area contributed by atoms with Crippen LogP contribution in [0.2, 0.25) is 0 Å². The third kappa shape index (κ3) is 1.62. The molecule has 0 aliphatic heterocycles. The van der Waals surface area contributed by atoms with E-state index in [9.17, 15) is 0 Å². The van der Waals surface area contributed by atoms with Crippen molar-refractivity contribution in [3.8, 4) is 0 Å². The van der Waals surface area contributed by atoms with Gasteiger partial charge in [-0.1, -0.05) is 20.8 Å². The van der Waals surface area contributed by atoms with Crippen LogP contribution in [0.3, 0.4) is 0 Å². The second-order valence-corrected chi connectivity index (χ2v) is 3.97. The highest BCUT2D eigenvalue weighted by molar-refractivity contribution is 7.06. The van der Waals surface area contributed by atoms with Crippen molar-refractivity contribution in [1.82, 2.24) is 4.37 Å². The van der Waals surface area contributed by atoms with Gasteiger partial charge < -0.3 is 0 Å². The lowest BCUT2D eigenvalue weighted by Crippen LogP contribution is -1.92. The minimum atomic E-state index is 0.628. The van der Waals surface area contributed by atoms with Gasteiger partial charge in [-0.3, -0.25) is 0 Å². The van der Waals surface area contributed by atoms with Crippen LogP contribution < -0.4 is 0 Å². The van der Waals surface area contributed by atoms with Gasteiger partial charge in [-0.25, -0.2) is 0 Å². The van der Waals surface area contributed by atoms with E-state index in [1.165, 1.54) is 16.1 Å². The quantitative estimate of drug-likeness (QED) is 0.662. The molecule has 0 fully saturated rings. The van der Waals surface area contributed by atoms with Gasteiger partial charge in [0.25, 0.3) is 0 Å². The molecule has 0 bridgehead atoms. The molecule has 0 aliphatic rings. The fourth-order valence-corrected chi connectivity index (χ4v) is 2.37. The SMILES string of the molecule is CCc1snc(C)c1C(C)C. The number of nitrogens with zero attached hydrogens (tertiary/aromatic N) is 1. The summed E-state index contributed by atoms with van der Waals surface area (Å²) in [6, 6.07) is 0. The average Bonchev–Trinajstić information content (AvgIpc) is 2.30. The Kier molecular flexibility index (Phi) is 2.66. The maximum absolute atomic E-state index is 4.35. The number of rotatable bonds is 2. The Morgan fingerprint density at radius 1 is 1.45 bits per heavy atom. The second kappa shape index (κ2) is 3.35. The fourth-order valence-electron chi connectivity index (χ4n) is 1.42. The second-order valence-electron chi connectivity index (χ2n) is 3.11. The van der Waals surface area contributed by atoms with Crippen molar-refractivity contribution >= 4 is 11.5 Å². The number of aromatic nitrogens is 1. The highest BCUT2D eigenvalue weighted by atomic mass is 32.1. The van der Waals surface area contributed by atoms with E-state index in [0.717, 1.165) is 6.42 Å². The average molecular weight is 169 g/mol. The summed E-state index contributed by atoms with van der Waals surface area (Å²) in [5.74, 6) is 0.628. The first-order chi connectivity index (χ1) is 5.16. The first kappa shape index (κ1) is 8.72. The van der Waals surface area contributed by atoms with Gasteiger partial charge in [0.05, 0.1) is 5.69 Å². The molecule has 0 N–H and O–H groups in total. The first-order valence-electron chi connectivity index (χ1n) is 4.11. The minimum absolute atomic E-state index is 0.628. The van der Waals surface area contributed by atoms with Crippen molar-refractivity contribution in [2.75, 3.05) is 0 Å². The van der Waals surface area contributed by atoms with Gasteiger partial charge in [-0.2, -0.15) is 4.37 Å². The van der Waals surface area contributed by atoms with E-state index in [1.807, 2.05) is 0 Å². The van der Waals surface area contributed by atoms with E-state index in [2.05, 4.69) is 32.1 Å². The van der Waals surface area contributed by atoms with E-state index < -0.39 is 0 Å². The van der Waals surface area contributed by atoms with E-state index >= 15 is 0 Å². The molecule has 1 aromatic heterocycles. The third-order valence-corrected chi connectivity index (χ3v) is 2.98. The Balaban J connectivity index is 3.07. The van der Waals surface area contributed by atoms with Gasteiger partial charge >= 0.3 is 0 Å². The lowest BCUT2D eigenvalue weighted by Gasteiger charge is -2.04. The van der Waals surface area contributed by atoms with Crippen LogP contribution in [-0.4, -0.2) is 4.37 Å². The topological polar surface area (TPSA) is 12.9 Å². The standard InChI is InChI=1S/C9H15NS/c1-5-8-9(6(2)3)7(4)10-11-8/h6H,5H2,1-4H3. The molecule has 1 aromatic rings. The molecule has 0 amide bonds. The maximum atomic E-state index is 4.35. The van der Waals surface area contributed by atoms with Gasteiger partial charge in [0.1, 0.15) is 0 Å². The highest BCUT2D eigenvalue weighted by Crippen LogP contribution is 2.26. The molecule has 0 saturated heterocycles. The van der Waals surface area contributed by atoms with E-state index in [-0.39, 0.29) is 0 Å². The summed E-state index contributed by atoms with van der Waals surface area (Å²) in [6.45, 7) is 8.76. The van der Waals surface area contributed by atoms with Crippen LogP contribution in [0.25, 0.3) is 0 Å². The smallest absolute Gasteiger partial charge is 0.0548 e. The van der Waals surface area contributed by atoms with Gasteiger partial charge in [-0.15, -0.1) is 0 Å². The lowest BCUT2D eigenvalue weighted by molar-refractivity contribution is 0.841. The molecule has 0 saturated carbocycles. The van der Waals surface area contributed by atoms with Crippen LogP contribution in [0.5, 0.6) is 0 Å². The van der Waals surface area contributed by atoms with E-state index in [1.54, 1.807) is 11.5 Å². The van der Waals surface area contributed by atoms with Crippen molar-refractivity contribution in [2.24, 2.45) is 0 Å². The van der Waals surface area contributed by atoms with Crippen molar-refractivity contribution in [2.45, 2.75) is 40.0 Å². The molecule has 0 spiro atoms. The molecule has 62 valence electrons. The Labute approximate surface area is 72.6 Å². The van der Waals surface area contributed by atoms with Gasteiger partial charge in [0.15, 0.2) is 0 Å². The molecule has 2 heteroatoms. The summed E-state index contributed by atoms with van der Waals surface area (Å²) in [6.07, 6.45) is 1.12. The summed E-state index contributed by atoms with van der Waals surface area (Å²) in [5, 5.41) is 0. The van der Waals surface area contributed by atoms with Crippen molar-refractivity contribution < 1.29 is 0 Å². The molecule has 0 unspecified atom stereocenters. The molecule has 1 nitrogen and oxygen atoms in total. The summed E-state index contributed by atoms with van der Waals surface area (Å²) >= 11 is 1.65. The zero-order valence-electron chi connectivity index (χ0n) is 7.64. The van der Waals surface area contributed by atoms with Gasteiger partial charge in [0.2, 0.25) is 0 Å². The van der Waals surface area contributed by atoms with Crippen molar-refractivity contribution in [1.29, 1.82) is 0 Å². The molecule has 0 radical (unpaired) electrons. The predicted octanol–water partition coefficient (Wildman–Crippen LogP) is 3.14.